The number of pyridine rings is 1. The quantitative estimate of drug-likeness (QED) is 0.918. The molecule has 0 spiro atoms. The molecule has 0 bridgehead atoms. The first-order valence-electron chi connectivity index (χ1n) is 7.72. The lowest BCUT2D eigenvalue weighted by atomic mass is 10.1. The van der Waals surface area contributed by atoms with Gasteiger partial charge in [-0.05, 0) is 43.2 Å². The third-order valence-corrected chi connectivity index (χ3v) is 4.23. The number of hydrogen-bond donors (Lipinski definition) is 1. The van der Waals surface area contributed by atoms with E-state index in [9.17, 15) is 4.79 Å². The lowest BCUT2D eigenvalue weighted by Gasteiger charge is -2.14. The van der Waals surface area contributed by atoms with Crippen molar-refractivity contribution < 1.29 is 4.74 Å². The van der Waals surface area contributed by atoms with Crippen molar-refractivity contribution in [3.8, 4) is 0 Å². The molecule has 1 aliphatic heterocycles. The van der Waals surface area contributed by atoms with E-state index in [2.05, 4.69) is 0 Å². The average molecular weight is 286 g/mol. The predicted octanol–water partition coefficient (Wildman–Crippen LogP) is 2.42. The summed E-state index contributed by atoms with van der Waals surface area (Å²) in [5.74, 6) is 0. The van der Waals surface area contributed by atoms with Crippen molar-refractivity contribution in [2.75, 3.05) is 6.61 Å². The fourth-order valence-electron chi connectivity index (χ4n) is 3.10. The highest BCUT2D eigenvalue weighted by atomic mass is 16.5. The van der Waals surface area contributed by atoms with Crippen LogP contribution >= 0.6 is 0 Å². The molecule has 1 aromatic carbocycles. The second-order valence-electron chi connectivity index (χ2n) is 5.67. The van der Waals surface area contributed by atoms with E-state index in [-0.39, 0.29) is 12.1 Å². The Labute approximate surface area is 124 Å². The number of para-hydroxylation sites is 1. The molecule has 112 valence electrons. The summed E-state index contributed by atoms with van der Waals surface area (Å²) in [5, 5.41) is 1.08. The second kappa shape index (κ2) is 6.41. The van der Waals surface area contributed by atoms with Gasteiger partial charge < -0.3 is 15.0 Å². The molecule has 2 heterocycles. The molecule has 0 saturated carbocycles. The number of nitrogens with zero attached hydrogens (tertiary/aromatic N) is 1. The number of hydrogen-bond acceptors (Lipinski definition) is 3. The lowest BCUT2D eigenvalue weighted by Crippen LogP contribution is -2.26. The van der Waals surface area contributed by atoms with Crippen LogP contribution in [0.5, 0.6) is 0 Å². The zero-order valence-electron chi connectivity index (χ0n) is 12.3. The molecule has 1 aliphatic rings. The Morgan fingerprint density at radius 3 is 2.95 bits per heavy atom. The van der Waals surface area contributed by atoms with Crippen LogP contribution < -0.4 is 11.3 Å². The zero-order chi connectivity index (χ0) is 14.7. The van der Waals surface area contributed by atoms with Crippen LogP contribution in [0.15, 0.2) is 35.1 Å². The summed E-state index contributed by atoms with van der Waals surface area (Å²) in [6, 6.07) is 9.91. The molecular weight excluding hydrogens is 264 g/mol. The molecule has 2 N–H and O–H groups in total. The number of benzene rings is 1. The van der Waals surface area contributed by atoms with Gasteiger partial charge in [-0.1, -0.05) is 18.2 Å². The van der Waals surface area contributed by atoms with Gasteiger partial charge in [-0.15, -0.1) is 0 Å². The maximum Gasteiger partial charge on any atom is 0.255 e. The predicted molar refractivity (Wildman–Crippen MR) is 84.3 cm³/mol. The Hall–Kier alpha value is -1.65. The van der Waals surface area contributed by atoms with Gasteiger partial charge in [0.05, 0.1) is 11.6 Å². The highest BCUT2D eigenvalue weighted by molar-refractivity contribution is 5.79. The summed E-state index contributed by atoms with van der Waals surface area (Å²) >= 11 is 0. The summed E-state index contributed by atoms with van der Waals surface area (Å²) in [7, 11) is 0. The monoisotopic (exact) mass is 286 g/mol. The molecular formula is C17H22N2O2. The normalized spacial score (nSPS) is 18.4. The zero-order valence-corrected chi connectivity index (χ0v) is 12.3. The smallest absolute Gasteiger partial charge is 0.255 e. The fourth-order valence-corrected chi connectivity index (χ4v) is 3.10. The second-order valence-corrected chi connectivity index (χ2v) is 5.67. The van der Waals surface area contributed by atoms with Crippen LogP contribution in [0.1, 0.15) is 31.2 Å². The number of aryl methyl sites for hydroxylation is 1. The van der Waals surface area contributed by atoms with Crippen LogP contribution in [-0.4, -0.2) is 17.3 Å². The van der Waals surface area contributed by atoms with E-state index in [4.69, 9.17) is 10.5 Å². The largest absolute Gasteiger partial charge is 0.378 e. The molecule has 21 heavy (non-hydrogen) atoms. The Morgan fingerprint density at radius 2 is 2.19 bits per heavy atom. The first-order chi connectivity index (χ1) is 10.3. The molecule has 4 heteroatoms. The highest BCUT2D eigenvalue weighted by Crippen LogP contribution is 2.18. The van der Waals surface area contributed by atoms with Crippen LogP contribution in [-0.2, 0) is 17.8 Å². The maximum absolute atomic E-state index is 12.5. The van der Waals surface area contributed by atoms with E-state index < -0.39 is 0 Å². The van der Waals surface area contributed by atoms with E-state index >= 15 is 0 Å². The van der Waals surface area contributed by atoms with E-state index in [1.165, 1.54) is 0 Å². The van der Waals surface area contributed by atoms with Gasteiger partial charge in [0.1, 0.15) is 0 Å². The summed E-state index contributed by atoms with van der Waals surface area (Å²) in [5.41, 5.74) is 7.43. The minimum Gasteiger partial charge on any atom is -0.378 e. The Kier molecular flexibility index (Phi) is 4.36. The molecule has 3 rings (SSSR count). The number of aromatic nitrogens is 1. The number of nitrogens with two attached hydrogens (primary N) is 1. The van der Waals surface area contributed by atoms with Gasteiger partial charge >= 0.3 is 0 Å². The Bertz CT molecular complexity index is 672. The SMILES string of the molecule is NCc1cc2ccccc2n(CCCC2CCCO2)c1=O. The van der Waals surface area contributed by atoms with Crippen LogP contribution in [0, 0.1) is 0 Å². The number of fused-ring (bicyclic) bond motifs is 1. The maximum atomic E-state index is 12.5. The minimum absolute atomic E-state index is 0.0449. The highest BCUT2D eigenvalue weighted by Gasteiger charge is 2.15. The van der Waals surface area contributed by atoms with E-state index in [0.717, 1.165) is 49.7 Å². The Balaban J connectivity index is 1.85. The number of ether oxygens (including phenoxy) is 1. The summed E-state index contributed by atoms with van der Waals surface area (Å²) in [4.78, 5) is 12.5. The third kappa shape index (κ3) is 3.01. The van der Waals surface area contributed by atoms with Gasteiger partial charge in [-0.3, -0.25) is 4.79 Å². The van der Waals surface area contributed by atoms with Gasteiger partial charge in [0.15, 0.2) is 0 Å². The first-order valence-corrected chi connectivity index (χ1v) is 7.72. The lowest BCUT2D eigenvalue weighted by molar-refractivity contribution is 0.101. The summed E-state index contributed by atoms with van der Waals surface area (Å²) < 4.78 is 7.51. The van der Waals surface area contributed by atoms with Gasteiger partial charge in [-0.25, -0.2) is 0 Å². The molecule has 0 amide bonds. The van der Waals surface area contributed by atoms with Crippen molar-refractivity contribution in [1.29, 1.82) is 0 Å². The van der Waals surface area contributed by atoms with Crippen molar-refractivity contribution in [2.45, 2.75) is 44.9 Å². The molecule has 0 radical (unpaired) electrons. The molecule has 2 aromatic rings. The average Bonchev–Trinajstić information content (AvgIpc) is 3.02. The first kappa shape index (κ1) is 14.3. The molecule has 0 aliphatic carbocycles. The van der Waals surface area contributed by atoms with Crippen LogP contribution in [0.25, 0.3) is 10.9 Å². The molecule has 4 nitrogen and oxygen atoms in total. The molecule has 1 fully saturated rings. The van der Waals surface area contributed by atoms with E-state index in [1.54, 1.807) is 0 Å². The van der Waals surface area contributed by atoms with Gasteiger partial charge in [-0.2, -0.15) is 0 Å². The van der Waals surface area contributed by atoms with Crippen LogP contribution in [0.2, 0.25) is 0 Å². The van der Waals surface area contributed by atoms with Crippen LogP contribution in [0.3, 0.4) is 0 Å². The summed E-state index contributed by atoms with van der Waals surface area (Å²) in [6.45, 7) is 1.90. The van der Waals surface area contributed by atoms with Crippen molar-refractivity contribution in [2.24, 2.45) is 5.73 Å². The molecule has 1 unspecified atom stereocenters. The van der Waals surface area contributed by atoms with Gasteiger partial charge in [0.2, 0.25) is 0 Å². The summed E-state index contributed by atoms with van der Waals surface area (Å²) in [6.07, 6.45) is 4.68. The molecule has 1 saturated heterocycles. The molecule has 1 atom stereocenters. The minimum atomic E-state index is 0.0449. The third-order valence-electron chi connectivity index (χ3n) is 4.23. The van der Waals surface area contributed by atoms with Gasteiger partial charge in [0.25, 0.3) is 5.56 Å². The Morgan fingerprint density at radius 1 is 1.33 bits per heavy atom. The van der Waals surface area contributed by atoms with E-state index in [0.29, 0.717) is 11.7 Å². The van der Waals surface area contributed by atoms with Gasteiger partial charge in [0, 0.05) is 25.3 Å². The van der Waals surface area contributed by atoms with Crippen molar-refractivity contribution in [3.63, 3.8) is 0 Å². The fraction of sp³-hybridized carbons (Fsp3) is 0.471. The van der Waals surface area contributed by atoms with Crippen molar-refractivity contribution in [3.05, 3.63) is 46.2 Å². The number of rotatable bonds is 5. The van der Waals surface area contributed by atoms with Crippen molar-refractivity contribution >= 4 is 10.9 Å². The van der Waals surface area contributed by atoms with Crippen LogP contribution in [0.4, 0.5) is 0 Å². The molecule has 1 aromatic heterocycles. The van der Waals surface area contributed by atoms with E-state index in [1.807, 2.05) is 34.9 Å². The standard InChI is InChI=1S/C17H22N2O2/c18-12-14-11-13-5-1-2-8-16(13)19(17(14)20)9-3-6-15-7-4-10-21-15/h1-2,5,8,11,15H,3-4,6-7,9-10,12,18H2. The van der Waals surface area contributed by atoms with Crippen molar-refractivity contribution in [1.82, 2.24) is 4.57 Å². The topological polar surface area (TPSA) is 57.2 Å².